The molecule has 0 bridgehead atoms. The predicted octanol–water partition coefficient (Wildman–Crippen LogP) is 0.774. The summed E-state index contributed by atoms with van der Waals surface area (Å²) in [6.07, 6.45) is 1.93. The van der Waals surface area contributed by atoms with Crippen molar-refractivity contribution in [2.24, 2.45) is 0 Å². The summed E-state index contributed by atoms with van der Waals surface area (Å²) in [4.78, 5) is 0. The van der Waals surface area contributed by atoms with Crippen LogP contribution < -0.4 is 5.32 Å². The Bertz CT molecular complexity index is 103. The monoisotopic (exact) mass is 175 g/mol. The van der Waals surface area contributed by atoms with Crippen molar-refractivity contribution in [2.75, 3.05) is 26.9 Å². The van der Waals surface area contributed by atoms with Crippen molar-refractivity contribution in [1.82, 2.24) is 5.32 Å². The maximum absolute atomic E-state index is 9.05. The first-order valence-corrected chi connectivity index (χ1v) is 4.53. The number of hydrogen-bond donors (Lipinski definition) is 2. The lowest BCUT2D eigenvalue weighted by molar-refractivity contribution is 0.158. The molecular formula is C9H21NO2. The van der Waals surface area contributed by atoms with Gasteiger partial charge in [0.25, 0.3) is 0 Å². The standard InChI is InChI=1S/C9H21NO2/c1-4-9(2,8-11)10-6-5-7-12-3/h10-11H,4-8H2,1-3H3. The summed E-state index contributed by atoms with van der Waals surface area (Å²) >= 11 is 0. The van der Waals surface area contributed by atoms with Crippen molar-refractivity contribution < 1.29 is 9.84 Å². The van der Waals surface area contributed by atoms with Gasteiger partial charge in [0.05, 0.1) is 6.61 Å². The molecule has 0 aromatic rings. The Labute approximate surface area is 75.1 Å². The van der Waals surface area contributed by atoms with E-state index in [1.807, 2.05) is 6.92 Å². The highest BCUT2D eigenvalue weighted by Gasteiger charge is 2.18. The fourth-order valence-electron chi connectivity index (χ4n) is 0.899. The number of aliphatic hydroxyl groups excluding tert-OH is 1. The fourth-order valence-corrected chi connectivity index (χ4v) is 0.899. The van der Waals surface area contributed by atoms with Gasteiger partial charge in [-0.3, -0.25) is 0 Å². The van der Waals surface area contributed by atoms with E-state index in [2.05, 4.69) is 12.2 Å². The summed E-state index contributed by atoms with van der Waals surface area (Å²) < 4.78 is 4.92. The molecule has 0 aromatic carbocycles. The smallest absolute Gasteiger partial charge is 0.0610 e. The number of rotatable bonds is 7. The molecular weight excluding hydrogens is 154 g/mol. The minimum atomic E-state index is -0.117. The molecule has 0 saturated carbocycles. The molecule has 0 aliphatic rings. The number of ether oxygens (including phenoxy) is 1. The lowest BCUT2D eigenvalue weighted by Gasteiger charge is -2.27. The molecule has 3 nitrogen and oxygen atoms in total. The van der Waals surface area contributed by atoms with Gasteiger partial charge in [-0.1, -0.05) is 6.92 Å². The summed E-state index contributed by atoms with van der Waals surface area (Å²) in [5.41, 5.74) is -0.117. The van der Waals surface area contributed by atoms with E-state index in [9.17, 15) is 0 Å². The summed E-state index contributed by atoms with van der Waals surface area (Å²) in [7, 11) is 1.70. The molecule has 1 unspecified atom stereocenters. The van der Waals surface area contributed by atoms with Gasteiger partial charge in [-0.15, -0.1) is 0 Å². The van der Waals surface area contributed by atoms with Gasteiger partial charge >= 0.3 is 0 Å². The largest absolute Gasteiger partial charge is 0.394 e. The molecule has 2 N–H and O–H groups in total. The zero-order chi connectivity index (χ0) is 9.45. The highest BCUT2D eigenvalue weighted by atomic mass is 16.5. The van der Waals surface area contributed by atoms with Gasteiger partial charge in [0.15, 0.2) is 0 Å². The van der Waals surface area contributed by atoms with Crippen molar-refractivity contribution in [3.05, 3.63) is 0 Å². The molecule has 74 valence electrons. The van der Waals surface area contributed by atoms with Gasteiger partial charge in [0.1, 0.15) is 0 Å². The van der Waals surface area contributed by atoms with Crippen LogP contribution >= 0.6 is 0 Å². The Morgan fingerprint density at radius 3 is 2.58 bits per heavy atom. The van der Waals surface area contributed by atoms with Crippen LogP contribution in [0.25, 0.3) is 0 Å². The summed E-state index contributed by atoms with van der Waals surface area (Å²) in [5.74, 6) is 0. The first-order chi connectivity index (χ1) is 5.68. The van der Waals surface area contributed by atoms with Crippen LogP contribution in [0, 0.1) is 0 Å². The molecule has 0 spiro atoms. The molecule has 0 fully saturated rings. The third kappa shape index (κ3) is 4.70. The Balaban J connectivity index is 3.45. The lowest BCUT2D eigenvalue weighted by atomic mass is 10.0. The second-order valence-electron chi connectivity index (χ2n) is 3.35. The molecule has 0 radical (unpaired) electrons. The average molecular weight is 175 g/mol. The van der Waals surface area contributed by atoms with Crippen LogP contribution in [-0.2, 0) is 4.74 Å². The maximum Gasteiger partial charge on any atom is 0.0610 e. The van der Waals surface area contributed by atoms with Crippen LogP contribution in [0.4, 0.5) is 0 Å². The average Bonchev–Trinajstić information content (AvgIpc) is 2.12. The van der Waals surface area contributed by atoms with E-state index in [0.29, 0.717) is 0 Å². The molecule has 0 amide bonds. The van der Waals surface area contributed by atoms with Gasteiger partial charge in [-0.25, -0.2) is 0 Å². The van der Waals surface area contributed by atoms with Gasteiger partial charge in [-0.2, -0.15) is 0 Å². The van der Waals surface area contributed by atoms with Gasteiger partial charge in [-0.05, 0) is 26.3 Å². The summed E-state index contributed by atoms with van der Waals surface area (Å²) in [6, 6.07) is 0. The molecule has 3 heteroatoms. The van der Waals surface area contributed by atoms with Crippen molar-refractivity contribution in [1.29, 1.82) is 0 Å². The van der Waals surface area contributed by atoms with Crippen molar-refractivity contribution >= 4 is 0 Å². The van der Waals surface area contributed by atoms with Gasteiger partial charge in [0.2, 0.25) is 0 Å². The second kappa shape index (κ2) is 6.40. The summed E-state index contributed by atoms with van der Waals surface area (Å²) in [5, 5.41) is 12.3. The topological polar surface area (TPSA) is 41.5 Å². The molecule has 0 saturated heterocycles. The highest BCUT2D eigenvalue weighted by molar-refractivity contribution is 4.79. The van der Waals surface area contributed by atoms with E-state index < -0.39 is 0 Å². The van der Waals surface area contributed by atoms with E-state index in [1.165, 1.54) is 0 Å². The zero-order valence-electron chi connectivity index (χ0n) is 8.39. The Hall–Kier alpha value is -0.120. The fraction of sp³-hybridized carbons (Fsp3) is 1.00. The third-order valence-electron chi connectivity index (χ3n) is 2.21. The van der Waals surface area contributed by atoms with E-state index in [0.717, 1.165) is 26.0 Å². The van der Waals surface area contributed by atoms with Crippen molar-refractivity contribution in [3.63, 3.8) is 0 Å². The maximum atomic E-state index is 9.05. The Kier molecular flexibility index (Phi) is 6.34. The quantitative estimate of drug-likeness (QED) is 0.562. The van der Waals surface area contributed by atoms with Crippen molar-refractivity contribution in [3.8, 4) is 0 Å². The normalized spacial score (nSPS) is 16.0. The molecule has 0 aliphatic carbocycles. The molecule has 0 rings (SSSR count). The van der Waals surface area contributed by atoms with Gasteiger partial charge in [0, 0.05) is 19.3 Å². The number of nitrogens with one attached hydrogen (secondary N) is 1. The van der Waals surface area contributed by atoms with E-state index in [4.69, 9.17) is 9.84 Å². The minimum absolute atomic E-state index is 0.117. The summed E-state index contributed by atoms with van der Waals surface area (Å²) in [6.45, 7) is 5.97. The highest BCUT2D eigenvalue weighted by Crippen LogP contribution is 2.06. The van der Waals surface area contributed by atoms with Crippen LogP contribution in [0.15, 0.2) is 0 Å². The molecule has 12 heavy (non-hydrogen) atoms. The SMILES string of the molecule is CCC(C)(CO)NCCCOC. The molecule has 0 aromatic heterocycles. The van der Waals surface area contributed by atoms with Crippen LogP contribution in [0.2, 0.25) is 0 Å². The molecule has 1 atom stereocenters. The number of aliphatic hydroxyl groups is 1. The molecule has 0 heterocycles. The van der Waals surface area contributed by atoms with Crippen LogP contribution in [0.1, 0.15) is 26.7 Å². The van der Waals surface area contributed by atoms with E-state index in [-0.39, 0.29) is 12.1 Å². The predicted molar refractivity (Wildman–Crippen MR) is 50.3 cm³/mol. The lowest BCUT2D eigenvalue weighted by Crippen LogP contribution is -2.45. The first kappa shape index (κ1) is 11.9. The van der Waals surface area contributed by atoms with Crippen LogP contribution in [0.3, 0.4) is 0 Å². The van der Waals surface area contributed by atoms with Crippen LogP contribution in [-0.4, -0.2) is 37.5 Å². The van der Waals surface area contributed by atoms with Gasteiger partial charge < -0.3 is 15.2 Å². The minimum Gasteiger partial charge on any atom is -0.394 e. The van der Waals surface area contributed by atoms with E-state index >= 15 is 0 Å². The zero-order valence-corrected chi connectivity index (χ0v) is 8.39. The molecule has 0 aliphatic heterocycles. The van der Waals surface area contributed by atoms with Crippen LogP contribution in [0.5, 0.6) is 0 Å². The number of hydrogen-bond acceptors (Lipinski definition) is 3. The third-order valence-corrected chi connectivity index (χ3v) is 2.21. The Morgan fingerprint density at radius 2 is 2.17 bits per heavy atom. The number of methoxy groups -OCH3 is 1. The van der Waals surface area contributed by atoms with E-state index in [1.54, 1.807) is 7.11 Å². The Morgan fingerprint density at radius 1 is 1.50 bits per heavy atom. The van der Waals surface area contributed by atoms with Crippen molar-refractivity contribution in [2.45, 2.75) is 32.2 Å². The second-order valence-corrected chi connectivity index (χ2v) is 3.35. The first-order valence-electron chi connectivity index (χ1n) is 4.53.